The second-order valence-corrected chi connectivity index (χ2v) is 8.19. The van der Waals surface area contributed by atoms with Crippen LogP contribution in [0.3, 0.4) is 0 Å². The molecule has 0 aliphatic heterocycles. The highest BCUT2D eigenvalue weighted by Crippen LogP contribution is 2.41. The highest BCUT2D eigenvalue weighted by Gasteiger charge is 2.33. The molecule has 0 spiro atoms. The number of aryl methyl sites for hydroxylation is 2. The number of benzene rings is 2. The van der Waals surface area contributed by atoms with Gasteiger partial charge >= 0.3 is 5.97 Å². The summed E-state index contributed by atoms with van der Waals surface area (Å²) in [7, 11) is 1.62. The minimum absolute atomic E-state index is 0.0628. The number of amides is 1. The van der Waals surface area contributed by atoms with E-state index < -0.39 is 5.97 Å². The zero-order chi connectivity index (χ0) is 22.0. The minimum Gasteiger partial charge on any atom is -0.497 e. The molecule has 1 saturated carbocycles. The van der Waals surface area contributed by atoms with Crippen molar-refractivity contribution in [2.75, 3.05) is 13.7 Å². The molecule has 1 aliphatic carbocycles. The molecule has 162 valence electrons. The molecule has 31 heavy (non-hydrogen) atoms. The molecule has 2 aromatic carbocycles. The Bertz CT molecular complexity index is 1100. The summed E-state index contributed by atoms with van der Waals surface area (Å²) >= 11 is 0. The molecule has 1 fully saturated rings. The number of hydrogen-bond donors (Lipinski definition) is 1. The summed E-state index contributed by atoms with van der Waals surface area (Å²) in [5, 5.41) is 3.92. The van der Waals surface area contributed by atoms with Gasteiger partial charge < -0.3 is 19.2 Å². The van der Waals surface area contributed by atoms with E-state index in [0.29, 0.717) is 5.92 Å². The van der Waals surface area contributed by atoms with Crippen LogP contribution in [0.25, 0.3) is 11.0 Å². The molecule has 0 radical (unpaired) electrons. The van der Waals surface area contributed by atoms with Crippen molar-refractivity contribution in [3.63, 3.8) is 0 Å². The fourth-order valence-electron chi connectivity index (χ4n) is 3.75. The third-order valence-electron chi connectivity index (χ3n) is 5.85. The Morgan fingerprint density at radius 2 is 1.84 bits per heavy atom. The number of hydrogen-bond acceptors (Lipinski definition) is 5. The number of nitrogens with one attached hydrogen (secondary N) is 1. The van der Waals surface area contributed by atoms with Crippen molar-refractivity contribution in [1.29, 1.82) is 0 Å². The highest BCUT2D eigenvalue weighted by atomic mass is 16.5. The number of carbonyl (C=O) groups is 2. The topological polar surface area (TPSA) is 77.8 Å². The van der Waals surface area contributed by atoms with Crippen molar-refractivity contribution in [1.82, 2.24) is 5.32 Å². The number of rotatable bonds is 8. The molecular formula is C25H27NO5. The Balaban J connectivity index is 1.33. The first-order chi connectivity index (χ1) is 14.9. The van der Waals surface area contributed by atoms with Crippen molar-refractivity contribution in [3.05, 3.63) is 64.9 Å². The van der Waals surface area contributed by atoms with E-state index in [0.717, 1.165) is 51.8 Å². The normalized spacial score (nSPS) is 14.3. The summed E-state index contributed by atoms with van der Waals surface area (Å²) in [4.78, 5) is 24.8. The molecule has 1 heterocycles. The standard InChI is InChI=1S/C25H27NO5/c1-15-10-21-19(13-30-22(21)11-16(15)2)12-24(28)31-14-23(27)26-25(17-4-5-17)18-6-8-20(29-3)9-7-18/h6-11,13,17,25H,4-5,12,14H2,1-3H3,(H,26,27). The van der Waals surface area contributed by atoms with E-state index in [2.05, 4.69) is 5.32 Å². The maximum Gasteiger partial charge on any atom is 0.310 e. The van der Waals surface area contributed by atoms with Gasteiger partial charge in [0.25, 0.3) is 5.91 Å². The van der Waals surface area contributed by atoms with Crippen LogP contribution in [0.2, 0.25) is 0 Å². The van der Waals surface area contributed by atoms with E-state index in [1.807, 2.05) is 50.2 Å². The van der Waals surface area contributed by atoms with E-state index in [4.69, 9.17) is 13.9 Å². The first-order valence-electron chi connectivity index (χ1n) is 10.5. The predicted octanol–water partition coefficient (Wildman–Crippen LogP) is 4.41. The fraction of sp³-hybridized carbons (Fsp3) is 0.360. The summed E-state index contributed by atoms with van der Waals surface area (Å²) < 4.78 is 16.0. The highest BCUT2D eigenvalue weighted by molar-refractivity contribution is 5.87. The molecule has 1 unspecified atom stereocenters. The molecule has 3 aromatic rings. The van der Waals surface area contributed by atoms with Crippen LogP contribution in [0, 0.1) is 19.8 Å². The van der Waals surface area contributed by atoms with Crippen molar-refractivity contribution < 1.29 is 23.5 Å². The lowest BCUT2D eigenvalue weighted by molar-refractivity contribution is -0.148. The first-order valence-corrected chi connectivity index (χ1v) is 10.5. The quantitative estimate of drug-likeness (QED) is 0.545. The zero-order valence-corrected chi connectivity index (χ0v) is 18.1. The molecule has 1 aliphatic rings. The molecule has 1 amide bonds. The molecular weight excluding hydrogens is 394 g/mol. The SMILES string of the molecule is COc1ccc(C(NC(=O)COC(=O)Cc2coc3cc(C)c(C)cc23)C2CC2)cc1. The van der Waals surface area contributed by atoms with Gasteiger partial charge in [-0.05, 0) is 73.6 Å². The van der Waals surface area contributed by atoms with Gasteiger partial charge in [0.15, 0.2) is 6.61 Å². The van der Waals surface area contributed by atoms with Gasteiger partial charge in [0.1, 0.15) is 11.3 Å². The summed E-state index contributed by atoms with van der Waals surface area (Å²) in [6, 6.07) is 11.6. The number of esters is 1. The van der Waals surface area contributed by atoms with E-state index in [9.17, 15) is 9.59 Å². The minimum atomic E-state index is -0.455. The molecule has 0 saturated heterocycles. The number of carbonyl (C=O) groups excluding carboxylic acids is 2. The van der Waals surface area contributed by atoms with Gasteiger partial charge in [-0.3, -0.25) is 9.59 Å². The number of ether oxygens (including phenoxy) is 2. The third-order valence-corrected chi connectivity index (χ3v) is 5.85. The number of methoxy groups -OCH3 is 1. The van der Waals surface area contributed by atoms with Crippen molar-refractivity contribution in [2.24, 2.45) is 5.92 Å². The maximum atomic E-state index is 12.5. The smallest absolute Gasteiger partial charge is 0.310 e. The van der Waals surface area contributed by atoms with Gasteiger partial charge in [0, 0.05) is 10.9 Å². The van der Waals surface area contributed by atoms with Crippen molar-refractivity contribution >= 4 is 22.8 Å². The Morgan fingerprint density at radius 1 is 1.13 bits per heavy atom. The van der Waals surface area contributed by atoms with Gasteiger partial charge in [0.2, 0.25) is 0 Å². The fourth-order valence-corrected chi connectivity index (χ4v) is 3.75. The average Bonchev–Trinajstić information content (AvgIpc) is 3.55. The van der Waals surface area contributed by atoms with Crippen LogP contribution < -0.4 is 10.1 Å². The monoisotopic (exact) mass is 421 g/mol. The molecule has 1 N–H and O–H groups in total. The largest absolute Gasteiger partial charge is 0.497 e. The van der Waals surface area contributed by atoms with Crippen LogP contribution >= 0.6 is 0 Å². The van der Waals surface area contributed by atoms with Crippen LogP contribution in [0.15, 0.2) is 47.1 Å². The van der Waals surface area contributed by atoms with E-state index >= 15 is 0 Å². The van der Waals surface area contributed by atoms with Gasteiger partial charge in [0.05, 0.1) is 25.8 Å². The van der Waals surface area contributed by atoms with E-state index in [-0.39, 0.29) is 25.0 Å². The molecule has 4 rings (SSSR count). The zero-order valence-electron chi connectivity index (χ0n) is 18.1. The second kappa shape index (κ2) is 8.84. The summed E-state index contributed by atoms with van der Waals surface area (Å²) in [6.45, 7) is 3.74. The number of fused-ring (bicyclic) bond motifs is 1. The lowest BCUT2D eigenvalue weighted by atomic mass is 10.0. The first kappa shape index (κ1) is 21.0. The molecule has 1 aromatic heterocycles. The summed E-state index contributed by atoms with van der Waals surface area (Å²) in [5.74, 6) is 0.431. The average molecular weight is 421 g/mol. The van der Waals surface area contributed by atoms with Gasteiger partial charge in [-0.2, -0.15) is 0 Å². The van der Waals surface area contributed by atoms with Crippen molar-refractivity contribution in [2.45, 2.75) is 39.2 Å². The summed E-state index contributed by atoms with van der Waals surface area (Å²) in [6.07, 6.45) is 3.79. The van der Waals surface area contributed by atoms with Crippen LogP contribution in [0.1, 0.15) is 41.1 Å². The van der Waals surface area contributed by atoms with Gasteiger partial charge in [-0.1, -0.05) is 12.1 Å². The number of furan rings is 1. The Labute approximate surface area is 181 Å². The maximum absolute atomic E-state index is 12.5. The van der Waals surface area contributed by atoms with E-state index in [1.165, 1.54) is 0 Å². The second-order valence-electron chi connectivity index (χ2n) is 8.19. The predicted molar refractivity (Wildman–Crippen MR) is 117 cm³/mol. The Hall–Kier alpha value is -3.28. The Morgan fingerprint density at radius 3 is 2.52 bits per heavy atom. The van der Waals surface area contributed by atoms with Crippen LogP contribution in [-0.2, 0) is 20.7 Å². The Kier molecular flexibility index (Phi) is 5.98. The van der Waals surface area contributed by atoms with Crippen LogP contribution in [-0.4, -0.2) is 25.6 Å². The van der Waals surface area contributed by atoms with Crippen LogP contribution in [0.4, 0.5) is 0 Å². The van der Waals surface area contributed by atoms with Gasteiger partial charge in [-0.25, -0.2) is 0 Å². The molecule has 6 nitrogen and oxygen atoms in total. The van der Waals surface area contributed by atoms with Crippen molar-refractivity contribution in [3.8, 4) is 5.75 Å². The van der Waals surface area contributed by atoms with Crippen LogP contribution in [0.5, 0.6) is 5.75 Å². The van der Waals surface area contributed by atoms with Gasteiger partial charge in [-0.15, -0.1) is 0 Å². The summed E-state index contributed by atoms with van der Waals surface area (Å²) in [5.41, 5.74) is 4.80. The third kappa shape index (κ3) is 4.90. The van der Waals surface area contributed by atoms with E-state index in [1.54, 1.807) is 13.4 Å². The molecule has 6 heteroatoms. The lowest BCUT2D eigenvalue weighted by Crippen LogP contribution is -2.33. The molecule has 0 bridgehead atoms. The lowest BCUT2D eigenvalue weighted by Gasteiger charge is -2.19. The molecule has 1 atom stereocenters.